The zero-order valence-corrected chi connectivity index (χ0v) is 28.1. The highest BCUT2D eigenvalue weighted by Gasteiger charge is 2.53. The Morgan fingerprint density at radius 2 is 0.792 bits per heavy atom. The lowest BCUT2D eigenvalue weighted by Gasteiger charge is -2.46. The van der Waals surface area contributed by atoms with Crippen molar-refractivity contribution < 1.29 is 109 Å². The van der Waals surface area contributed by atoms with Crippen LogP contribution in [0.4, 0.5) is 0 Å². The van der Waals surface area contributed by atoms with Gasteiger partial charge in [0.1, 0.15) is 97.7 Å². The summed E-state index contributed by atoms with van der Waals surface area (Å²) in [4.78, 5) is 0. The molecule has 0 spiro atoms. The second-order valence-corrected chi connectivity index (χ2v) is 13.2. The van der Waals surface area contributed by atoms with Crippen LogP contribution in [0.25, 0.3) is 0 Å². The quantitative estimate of drug-likeness (QED) is 0.0938. The van der Waals surface area contributed by atoms with Gasteiger partial charge >= 0.3 is 0 Å². The molecule has 4 fully saturated rings. The first-order valence-corrected chi connectivity index (χ1v) is 16.8. The third-order valence-electron chi connectivity index (χ3n) is 9.51. The standard InChI is InChI=1S/C31H48O22/c1-9-2-3-10(46-28-24(44)20(40)26(14(7-34)50-28)52-30-22(42)18(38)16(36)12(5-32)48-30)11(4-9)47-29-25(45)21(41)27(15(8-35)51-29)53-31-23(43)19(39)17(37)13(6-33)49-31/h2-4,12-45H,5-8H2,1H3/t12-,13-,14-,15-,16-,17-,18+,19+,20-,21-,22-,23-,24-,25-,26-,27-,28-,29-,30+,31+/m1/s1. The highest BCUT2D eigenvalue weighted by molar-refractivity contribution is 5.43. The van der Waals surface area contributed by atoms with E-state index in [9.17, 15) is 71.5 Å². The van der Waals surface area contributed by atoms with Crippen LogP contribution in [0.15, 0.2) is 18.2 Å². The van der Waals surface area contributed by atoms with E-state index in [1.807, 2.05) is 0 Å². The molecule has 4 saturated heterocycles. The van der Waals surface area contributed by atoms with E-state index in [1.54, 1.807) is 13.0 Å². The Morgan fingerprint density at radius 3 is 1.19 bits per heavy atom. The predicted molar refractivity (Wildman–Crippen MR) is 165 cm³/mol. The van der Waals surface area contributed by atoms with Gasteiger partial charge in [-0.3, -0.25) is 0 Å². The lowest BCUT2D eigenvalue weighted by molar-refractivity contribution is -0.353. The summed E-state index contributed by atoms with van der Waals surface area (Å²) in [5, 5.41) is 144. The smallest absolute Gasteiger partial charge is 0.229 e. The van der Waals surface area contributed by atoms with Gasteiger partial charge in [0.25, 0.3) is 0 Å². The van der Waals surface area contributed by atoms with E-state index in [1.165, 1.54) is 12.1 Å². The molecule has 1 aromatic rings. The number of hydrogen-bond donors (Lipinski definition) is 14. The van der Waals surface area contributed by atoms with Crippen molar-refractivity contribution in [2.75, 3.05) is 26.4 Å². The van der Waals surface area contributed by atoms with Crippen molar-refractivity contribution in [3.05, 3.63) is 23.8 Å². The van der Waals surface area contributed by atoms with E-state index in [2.05, 4.69) is 0 Å². The van der Waals surface area contributed by atoms with Crippen LogP contribution in [0.3, 0.4) is 0 Å². The molecule has 0 bridgehead atoms. The minimum absolute atomic E-state index is 0.170. The van der Waals surface area contributed by atoms with Crippen LogP contribution in [0.2, 0.25) is 0 Å². The Morgan fingerprint density at radius 1 is 0.434 bits per heavy atom. The number of hydrogen-bond acceptors (Lipinski definition) is 22. The molecule has 0 amide bonds. The van der Waals surface area contributed by atoms with E-state index in [-0.39, 0.29) is 11.5 Å². The van der Waals surface area contributed by atoms with Gasteiger partial charge in [0.05, 0.1) is 26.4 Å². The molecular weight excluding hydrogens is 724 g/mol. The molecule has 22 heteroatoms. The van der Waals surface area contributed by atoms with Crippen LogP contribution in [0.1, 0.15) is 5.56 Å². The van der Waals surface area contributed by atoms with E-state index in [0.29, 0.717) is 5.56 Å². The van der Waals surface area contributed by atoms with E-state index in [0.717, 1.165) is 0 Å². The third-order valence-corrected chi connectivity index (χ3v) is 9.51. The van der Waals surface area contributed by atoms with Gasteiger partial charge < -0.3 is 109 Å². The predicted octanol–water partition coefficient (Wildman–Crippen LogP) is -8.00. The van der Waals surface area contributed by atoms with Gasteiger partial charge in [-0.05, 0) is 24.6 Å². The molecule has 4 aliphatic rings. The number of aliphatic hydroxyl groups excluding tert-OH is 14. The maximum Gasteiger partial charge on any atom is 0.229 e. The Labute approximate surface area is 301 Å². The van der Waals surface area contributed by atoms with E-state index < -0.39 is 149 Å². The first-order valence-electron chi connectivity index (χ1n) is 16.8. The van der Waals surface area contributed by atoms with Gasteiger partial charge in [0.15, 0.2) is 24.1 Å². The molecule has 20 atom stereocenters. The van der Waals surface area contributed by atoms with Gasteiger partial charge in [0, 0.05) is 0 Å². The van der Waals surface area contributed by atoms with Crippen molar-refractivity contribution in [3.8, 4) is 11.5 Å². The van der Waals surface area contributed by atoms with Crippen LogP contribution < -0.4 is 9.47 Å². The fourth-order valence-electron chi connectivity index (χ4n) is 6.36. The summed E-state index contributed by atoms with van der Waals surface area (Å²) in [5.41, 5.74) is 0.576. The molecular formula is C31H48O22. The maximum absolute atomic E-state index is 11.0. The summed E-state index contributed by atoms with van der Waals surface area (Å²) < 4.78 is 44.7. The number of ether oxygens (including phenoxy) is 8. The zero-order chi connectivity index (χ0) is 38.9. The molecule has 1 aromatic carbocycles. The van der Waals surface area contributed by atoms with Crippen molar-refractivity contribution in [1.82, 2.24) is 0 Å². The van der Waals surface area contributed by atoms with E-state index >= 15 is 0 Å². The molecule has 4 aliphatic heterocycles. The number of benzene rings is 1. The van der Waals surface area contributed by atoms with Crippen molar-refractivity contribution in [1.29, 1.82) is 0 Å². The van der Waals surface area contributed by atoms with Crippen LogP contribution in [0.5, 0.6) is 11.5 Å². The van der Waals surface area contributed by atoms with Crippen LogP contribution in [-0.2, 0) is 28.4 Å². The van der Waals surface area contributed by atoms with Crippen molar-refractivity contribution >= 4 is 0 Å². The van der Waals surface area contributed by atoms with Gasteiger partial charge in [-0.25, -0.2) is 0 Å². The lowest BCUT2D eigenvalue weighted by Crippen LogP contribution is -2.65. The molecule has 0 aliphatic carbocycles. The van der Waals surface area contributed by atoms with Crippen molar-refractivity contribution in [2.45, 2.75) is 130 Å². The SMILES string of the molecule is Cc1ccc(O[C@@H]2O[C@H](CO)[C@@H](O[C@@H]3O[C@H](CO)[C@@H](O)[C@H](O)[C@H]3O)[C@H](O)[C@H]2O)c(O[C@@H]2O[C@H](CO)[C@@H](O[C@@H]3O[C@H](CO)[C@@H](O)[C@H](O)[C@H]3O)[C@H](O)[C@H]2O)c1. The molecule has 0 saturated carbocycles. The van der Waals surface area contributed by atoms with Gasteiger partial charge in [0.2, 0.25) is 12.6 Å². The normalized spacial score (nSPS) is 46.5. The Bertz CT molecular complexity index is 1300. The summed E-state index contributed by atoms with van der Waals surface area (Å²) in [7, 11) is 0. The van der Waals surface area contributed by atoms with Crippen LogP contribution >= 0.6 is 0 Å². The van der Waals surface area contributed by atoms with Gasteiger partial charge in [-0.2, -0.15) is 0 Å². The number of aliphatic hydroxyl groups is 14. The summed E-state index contributed by atoms with van der Waals surface area (Å²) in [6.07, 6.45) is -34.2. The highest BCUT2D eigenvalue weighted by atomic mass is 16.8. The average Bonchev–Trinajstić information content (AvgIpc) is 3.15. The molecule has 53 heavy (non-hydrogen) atoms. The zero-order valence-electron chi connectivity index (χ0n) is 28.1. The topological polar surface area (TPSA) is 357 Å². The summed E-state index contributed by atoms with van der Waals surface area (Å²) in [5.74, 6) is -0.348. The molecule has 14 N–H and O–H groups in total. The summed E-state index contributed by atoms with van der Waals surface area (Å²) in [6, 6.07) is 4.32. The number of aryl methyl sites for hydroxylation is 1. The monoisotopic (exact) mass is 772 g/mol. The lowest BCUT2D eigenvalue weighted by atomic mass is 9.97. The Hall–Kier alpha value is -1.98. The second-order valence-electron chi connectivity index (χ2n) is 13.2. The first kappa shape index (κ1) is 42.2. The fraction of sp³-hybridized carbons (Fsp3) is 0.806. The van der Waals surface area contributed by atoms with Crippen molar-refractivity contribution in [3.63, 3.8) is 0 Å². The van der Waals surface area contributed by atoms with Gasteiger partial charge in [-0.1, -0.05) is 6.07 Å². The second kappa shape index (κ2) is 17.9. The maximum atomic E-state index is 11.0. The minimum Gasteiger partial charge on any atom is -0.458 e. The highest BCUT2D eigenvalue weighted by Crippen LogP contribution is 2.37. The average molecular weight is 773 g/mol. The molecule has 0 radical (unpaired) electrons. The minimum atomic E-state index is -1.92. The molecule has 0 unspecified atom stereocenters. The molecule has 22 nitrogen and oxygen atoms in total. The van der Waals surface area contributed by atoms with Crippen molar-refractivity contribution in [2.24, 2.45) is 0 Å². The van der Waals surface area contributed by atoms with E-state index in [4.69, 9.17) is 37.9 Å². The molecule has 304 valence electrons. The molecule has 5 rings (SSSR count). The Kier molecular flexibility index (Phi) is 14.2. The third kappa shape index (κ3) is 8.72. The van der Waals surface area contributed by atoms with Crippen LogP contribution in [0, 0.1) is 6.92 Å². The molecule has 0 aromatic heterocycles. The fourth-order valence-corrected chi connectivity index (χ4v) is 6.36. The van der Waals surface area contributed by atoms with Gasteiger partial charge in [-0.15, -0.1) is 0 Å². The first-order chi connectivity index (χ1) is 25.1. The largest absolute Gasteiger partial charge is 0.458 e. The summed E-state index contributed by atoms with van der Waals surface area (Å²) in [6.45, 7) is -1.55. The summed E-state index contributed by atoms with van der Waals surface area (Å²) >= 11 is 0. The van der Waals surface area contributed by atoms with Crippen LogP contribution in [-0.4, -0.2) is 221 Å². The molecule has 4 heterocycles. The Balaban J connectivity index is 1.28. The number of rotatable bonds is 12.